The molecule has 0 radical (unpaired) electrons. The monoisotopic (exact) mass is 236 g/mol. The number of hydrogen-bond donors (Lipinski definition) is 2. The number of aryl methyl sites for hydroxylation is 1. The third-order valence-electron chi connectivity index (χ3n) is 1.99. The Labute approximate surface area is 96.6 Å². The molecule has 0 bridgehead atoms. The lowest BCUT2D eigenvalue weighted by Gasteiger charge is -2.02. The smallest absolute Gasteiger partial charge is 0.252 e. The van der Waals surface area contributed by atoms with Crippen LogP contribution in [0, 0.1) is 6.92 Å². The first-order chi connectivity index (χ1) is 7.74. The summed E-state index contributed by atoms with van der Waals surface area (Å²) in [5.74, 6) is 0.594. The van der Waals surface area contributed by atoms with E-state index in [1.165, 1.54) is 12.4 Å². The first kappa shape index (κ1) is 10.8. The van der Waals surface area contributed by atoms with Crippen molar-refractivity contribution in [3.63, 3.8) is 0 Å². The summed E-state index contributed by atoms with van der Waals surface area (Å²) in [5, 5.41) is 6.20. The van der Waals surface area contributed by atoms with Gasteiger partial charge < -0.3 is 10.3 Å². The average Bonchev–Trinajstić information content (AvgIpc) is 2.64. The number of nitrogens with one attached hydrogen (secondary N) is 2. The second-order valence-electron chi connectivity index (χ2n) is 3.36. The summed E-state index contributed by atoms with van der Waals surface area (Å²) in [5.41, 5.74) is 0.900. The van der Waals surface area contributed by atoms with E-state index in [4.69, 9.17) is 0 Å². The lowest BCUT2D eigenvalue weighted by atomic mass is 10.4. The Bertz CT molecular complexity index is 519. The molecule has 2 aromatic heterocycles. The minimum atomic E-state index is -0.150. The number of anilines is 1. The molecule has 84 valence electrons. The van der Waals surface area contributed by atoms with Crippen LogP contribution in [-0.4, -0.2) is 21.5 Å². The van der Waals surface area contributed by atoms with E-state index < -0.39 is 0 Å². The van der Waals surface area contributed by atoms with Crippen LogP contribution in [0.1, 0.15) is 10.7 Å². The molecule has 0 saturated carbocycles. The van der Waals surface area contributed by atoms with Crippen LogP contribution < -0.4 is 10.9 Å². The van der Waals surface area contributed by atoms with Gasteiger partial charge in [-0.2, -0.15) is 0 Å². The molecule has 0 saturated heterocycles. The molecule has 16 heavy (non-hydrogen) atoms. The predicted octanol–water partition coefficient (Wildman–Crippen LogP) is 1.19. The van der Waals surface area contributed by atoms with E-state index in [9.17, 15) is 4.79 Å². The molecule has 0 aliphatic carbocycles. The molecule has 0 unspecified atom stereocenters. The molecule has 0 aliphatic heterocycles. The second-order valence-corrected chi connectivity index (χ2v) is 4.30. The SMILES string of the molecule is Cc1csc(CCNc2cc(=O)[nH]cn2)n1. The Hall–Kier alpha value is -1.69. The van der Waals surface area contributed by atoms with Gasteiger partial charge in [-0.3, -0.25) is 4.79 Å². The Morgan fingerprint density at radius 1 is 1.56 bits per heavy atom. The highest BCUT2D eigenvalue weighted by molar-refractivity contribution is 7.09. The van der Waals surface area contributed by atoms with Gasteiger partial charge in [0.25, 0.3) is 5.56 Å². The largest absolute Gasteiger partial charge is 0.369 e. The molecule has 5 nitrogen and oxygen atoms in total. The van der Waals surface area contributed by atoms with Crippen LogP contribution >= 0.6 is 11.3 Å². The van der Waals surface area contributed by atoms with Crippen LogP contribution in [-0.2, 0) is 6.42 Å². The van der Waals surface area contributed by atoms with Crippen molar-refractivity contribution in [3.05, 3.63) is 38.8 Å². The van der Waals surface area contributed by atoms with Crippen molar-refractivity contribution in [2.75, 3.05) is 11.9 Å². The molecule has 0 spiro atoms. The van der Waals surface area contributed by atoms with Crippen LogP contribution in [0.15, 0.2) is 22.6 Å². The maximum Gasteiger partial charge on any atom is 0.252 e. The van der Waals surface area contributed by atoms with Crippen molar-refractivity contribution in [1.29, 1.82) is 0 Å². The van der Waals surface area contributed by atoms with Gasteiger partial charge in [0.2, 0.25) is 0 Å². The molecule has 0 amide bonds. The molecule has 2 heterocycles. The summed E-state index contributed by atoms with van der Waals surface area (Å²) >= 11 is 1.65. The fourth-order valence-electron chi connectivity index (χ4n) is 1.28. The van der Waals surface area contributed by atoms with Gasteiger partial charge in [0.05, 0.1) is 11.3 Å². The number of nitrogens with zero attached hydrogens (tertiary/aromatic N) is 2. The normalized spacial score (nSPS) is 10.3. The summed E-state index contributed by atoms with van der Waals surface area (Å²) in [6, 6.07) is 1.44. The summed E-state index contributed by atoms with van der Waals surface area (Å²) in [6.07, 6.45) is 2.23. The average molecular weight is 236 g/mol. The second kappa shape index (κ2) is 4.89. The number of rotatable bonds is 4. The van der Waals surface area contributed by atoms with Crippen LogP contribution in [0.4, 0.5) is 5.82 Å². The number of H-pyrrole nitrogens is 1. The van der Waals surface area contributed by atoms with Crippen LogP contribution in [0.2, 0.25) is 0 Å². The summed E-state index contributed by atoms with van der Waals surface area (Å²) in [6.45, 7) is 2.70. The molecule has 2 rings (SSSR count). The van der Waals surface area contributed by atoms with Gasteiger partial charge in [-0.15, -0.1) is 11.3 Å². The highest BCUT2D eigenvalue weighted by Gasteiger charge is 1.99. The molecule has 6 heteroatoms. The molecule has 2 N–H and O–H groups in total. The quantitative estimate of drug-likeness (QED) is 0.836. The molecule has 0 aromatic carbocycles. The molecule has 0 aliphatic rings. The molecule has 2 aromatic rings. The van der Waals surface area contributed by atoms with E-state index in [2.05, 4.69) is 20.3 Å². The third-order valence-corrected chi connectivity index (χ3v) is 3.02. The van der Waals surface area contributed by atoms with Crippen molar-refractivity contribution in [1.82, 2.24) is 15.0 Å². The summed E-state index contributed by atoms with van der Waals surface area (Å²) in [4.78, 5) is 21.8. The van der Waals surface area contributed by atoms with E-state index in [-0.39, 0.29) is 5.56 Å². The van der Waals surface area contributed by atoms with Gasteiger partial charge in [0.15, 0.2) is 0 Å². The standard InChI is InChI=1S/C10H12N4OS/c1-7-5-16-10(14-7)2-3-11-8-4-9(15)13-6-12-8/h4-6H,2-3H2,1H3,(H2,11,12,13,15). The van der Waals surface area contributed by atoms with E-state index in [0.29, 0.717) is 5.82 Å². The predicted molar refractivity (Wildman–Crippen MR) is 63.9 cm³/mol. The first-order valence-corrected chi connectivity index (χ1v) is 5.81. The number of hydrogen-bond acceptors (Lipinski definition) is 5. The zero-order valence-electron chi connectivity index (χ0n) is 8.86. The van der Waals surface area contributed by atoms with Crippen molar-refractivity contribution >= 4 is 17.2 Å². The van der Waals surface area contributed by atoms with Gasteiger partial charge in [-0.25, -0.2) is 9.97 Å². The van der Waals surface area contributed by atoms with E-state index in [1.54, 1.807) is 11.3 Å². The zero-order chi connectivity index (χ0) is 11.4. The van der Waals surface area contributed by atoms with Crippen LogP contribution in [0.5, 0.6) is 0 Å². The highest BCUT2D eigenvalue weighted by atomic mass is 32.1. The number of aromatic nitrogens is 3. The van der Waals surface area contributed by atoms with Gasteiger partial charge in [-0.05, 0) is 6.92 Å². The molecule has 0 atom stereocenters. The fraction of sp³-hybridized carbons (Fsp3) is 0.300. The maximum atomic E-state index is 11.0. The number of thiazole rings is 1. The van der Waals surface area contributed by atoms with Crippen LogP contribution in [0.3, 0.4) is 0 Å². The third kappa shape index (κ3) is 2.90. The molecular formula is C10H12N4OS. The minimum absolute atomic E-state index is 0.150. The lowest BCUT2D eigenvalue weighted by molar-refractivity contribution is 0.970. The number of aromatic amines is 1. The highest BCUT2D eigenvalue weighted by Crippen LogP contribution is 2.09. The fourth-order valence-corrected chi connectivity index (χ4v) is 2.06. The summed E-state index contributed by atoms with van der Waals surface area (Å²) in [7, 11) is 0. The van der Waals surface area contributed by atoms with Crippen molar-refractivity contribution in [2.45, 2.75) is 13.3 Å². The lowest BCUT2D eigenvalue weighted by Crippen LogP contribution is -2.11. The van der Waals surface area contributed by atoms with Gasteiger partial charge in [-0.1, -0.05) is 0 Å². The van der Waals surface area contributed by atoms with Crippen molar-refractivity contribution in [3.8, 4) is 0 Å². The Balaban J connectivity index is 1.86. The van der Waals surface area contributed by atoms with Crippen molar-refractivity contribution < 1.29 is 0 Å². The van der Waals surface area contributed by atoms with E-state index in [1.807, 2.05) is 12.3 Å². The minimum Gasteiger partial charge on any atom is -0.369 e. The van der Waals surface area contributed by atoms with Gasteiger partial charge in [0, 0.05) is 30.1 Å². The topological polar surface area (TPSA) is 70.7 Å². The maximum absolute atomic E-state index is 11.0. The Morgan fingerprint density at radius 2 is 2.44 bits per heavy atom. The van der Waals surface area contributed by atoms with Crippen LogP contribution in [0.25, 0.3) is 0 Å². The van der Waals surface area contributed by atoms with E-state index >= 15 is 0 Å². The Kier molecular flexibility index (Phi) is 3.31. The Morgan fingerprint density at radius 3 is 3.12 bits per heavy atom. The van der Waals surface area contributed by atoms with Gasteiger partial charge in [0.1, 0.15) is 5.82 Å². The summed E-state index contributed by atoms with van der Waals surface area (Å²) < 4.78 is 0. The molecule has 0 fully saturated rings. The zero-order valence-corrected chi connectivity index (χ0v) is 9.67. The first-order valence-electron chi connectivity index (χ1n) is 4.93. The van der Waals surface area contributed by atoms with Crippen molar-refractivity contribution in [2.24, 2.45) is 0 Å². The molecular weight excluding hydrogens is 224 g/mol. The van der Waals surface area contributed by atoms with E-state index in [0.717, 1.165) is 23.7 Å². The van der Waals surface area contributed by atoms with Gasteiger partial charge >= 0.3 is 0 Å².